The van der Waals surface area contributed by atoms with Crippen LogP contribution >= 0.6 is 11.6 Å². The summed E-state index contributed by atoms with van der Waals surface area (Å²) >= 11 is 6.57. The van der Waals surface area contributed by atoms with Crippen molar-refractivity contribution < 1.29 is 18.3 Å². The minimum absolute atomic E-state index is 0.0924. The lowest BCUT2D eigenvalue weighted by molar-refractivity contribution is 0.0342. The maximum absolute atomic E-state index is 13.8. The summed E-state index contributed by atoms with van der Waals surface area (Å²) in [7, 11) is 0. The fraction of sp³-hybridized carbons (Fsp3) is 0.227. The molecule has 1 fully saturated rings. The Morgan fingerprint density at radius 3 is 2.75 bits per heavy atom. The van der Waals surface area contributed by atoms with Crippen molar-refractivity contribution in [3.8, 4) is 23.0 Å². The largest absolute Gasteiger partial charge is 0.421 e. The van der Waals surface area contributed by atoms with Crippen LogP contribution in [0.4, 0.5) is 8.78 Å². The molecule has 10 heteroatoms. The summed E-state index contributed by atoms with van der Waals surface area (Å²) in [6, 6.07) is 8.78. The van der Waals surface area contributed by atoms with Gasteiger partial charge in [-0.2, -0.15) is 10.1 Å². The van der Waals surface area contributed by atoms with Gasteiger partial charge in [0.2, 0.25) is 0 Å². The second-order valence-corrected chi connectivity index (χ2v) is 7.77. The van der Waals surface area contributed by atoms with Crippen molar-refractivity contribution in [2.45, 2.75) is 6.54 Å². The molecule has 0 radical (unpaired) electrons. The number of ether oxygens (including phenoxy) is 2. The molecule has 0 aliphatic carbocycles. The second kappa shape index (κ2) is 8.78. The van der Waals surface area contributed by atoms with Crippen molar-refractivity contribution in [2.75, 3.05) is 26.3 Å². The Labute approximate surface area is 187 Å². The summed E-state index contributed by atoms with van der Waals surface area (Å²) in [5, 5.41) is 8.37. The van der Waals surface area contributed by atoms with Crippen molar-refractivity contribution in [1.82, 2.24) is 25.1 Å². The maximum atomic E-state index is 13.8. The molecule has 0 atom stereocenters. The lowest BCUT2D eigenvalue weighted by Gasteiger charge is -2.26. The van der Waals surface area contributed by atoms with Crippen LogP contribution in [0.15, 0.2) is 42.6 Å². The lowest BCUT2D eigenvalue weighted by atomic mass is 10.1. The molecule has 0 bridgehead atoms. The highest BCUT2D eigenvalue weighted by molar-refractivity contribution is 6.33. The van der Waals surface area contributed by atoms with Gasteiger partial charge < -0.3 is 9.47 Å². The second-order valence-electron chi connectivity index (χ2n) is 7.37. The smallest absolute Gasteiger partial charge is 0.324 e. The number of halogens is 3. The van der Waals surface area contributed by atoms with E-state index in [0.717, 1.165) is 56.1 Å². The van der Waals surface area contributed by atoms with Gasteiger partial charge in [0.15, 0.2) is 17.2 Å². The number of hydrogen-bond acceptors (Lipinski definition) is 6. The average Bonchev–Trinajstić information content (AvgIpc) is 3.20. The highest BCUT2D eigenvalue weighted by Gasteiger charge is 2.17. The highest BCUT2D eigenvalue weighted by Crippen LogP contribution is 2.33. The molecule has 0 amide bonds. The summed E-state index contributed by atoms with van der Waals surface area (Å²) in [6.45, 7) is 4.07. The van der Waals surface area contributed by atoms with Crippen LogP contribution in [0.5, 0.6) is 11.8 Å². The summed E-state index contributed by atoms with van der Waals surface area (Å²) in [6.07, 6.45) is 1.52. The van der Waals surface area contributed by atoms with Gasteiger partial charge in [-0.1, -0.05) is 23.7 Å². The predicted octanol–water partition coefficient (Wildman–Crippen LogP) is 4.58. The molecule has 1 saturated heterocycles. The molecule has 0 saturated carbocycles. The van der Waals surface area contributed by atoms with E-state index in [9.17, 15) is 8.78 Å². The monoisotopic (exact) mass is 457 g/mol. The topological polar surface area (TPSA) is 76.2 Å². The van der Waals surface area contributed by atoms with Crippen LogP contribution in [0.3, 0.4) is 0 Å². The van der Waals surface area contributed by atoms with Crippen molar-refractivity contribution in [1.29, 1.82) is 0 Å². The van der Waals surface area contributed by atoms with E-state index in [1.807, 2.05) is 18.2 Å². The number of H-pyrrole nitrogens is 1. The van der Waals surface area contributed by atoms with Crippen LogP contribution in [0, 0.1) is 11.6 Å². The number of benzene rings is 2. The number of nitrogens with zero attached hydrogens (tertiary/aromatic N) is 4. The first-order chi connectivity index (χ1) is 15.6. The minimum atomic E-state index is -0.844. The zero-order chi connectivity index (χ0) is 22.1. The fourth-order valence-electron chi connectivity index (χ4n) is 3.57. The van der Waals surface area contributed by atoms with Gasteiger partial charge in [-0.05, 0) is 23.8 Å². The third-order valence-corrected chi connectivity index (χ3v) is 5.50. The predicted molar refractivity (Wildman–Crippen MR) is 115 cm³/mol. The molecule has 164 valence electrons. The van der Waals surface area contributed by atoms with Crippen LogP contribution in [-0.2, 0) is 11.3 Å². The van der Waals surface area contributed by atoms with E-state index in [1.165, 1.54) is 12.3 Å². The van der Waals surface area contributed by atoms with Crippen molar-refractivity contribution >= 4 is 22.6 Å². The van der Waals surface area contributed by atoms with E-state index in [2.05, 4.69) is 25.1 Å². The SMILES string of the molecule is Fc1ccc(Oc2ncc3c(-c4ccc(CN5CCOCC5)cc4Cl)n[nH]c3n2)c(F)c1. The Hall–Kier alpha value is -3.14. The van der Waals surface area contributed by atoms with Crippen LogP contribution in [0.2, 0.25) is 5.02 Å². The molecular formula is C22H18ClF2N5O2. The molecule has 0 unspecified atom stereocenters. The number of aromatic nitrogens is 4. The Morgan fingerprint density at radius 2 is 1.97 bits per heavy atom. The molecule has 32 heavy (non-hydrogen) atoms. The first kappa shape index (κ1) is 20.7. The van der Waals surface area contributed by atoms with E-state index >= 15 is 0 Å². The molecule has 1 N–H and O–H groups in total. The molecule has 1 aliphatic heterocycles. The molecule has 1 aliphatic rings. The van der Waals surface area contributed by atoms with Gasteiger partial charge >= 0.3 is 6.01 Å². The zero-order valence-corrected chi connectivity index (χ0v) is 17.6. The Kier molecular flexibility index (Phi) is 5.69. The fourth-order valence-corrected chi connectivity index (χ4v) is 3.86. The third kappa shape index (κ3) is 4.27. The zero-order valence-electron chi connectivity index (χ0n) is 16.8. The Bertz CT molecular complexity index is 1280. The van der Waals surface area contributed by atoms with Gasteiger partial charge in [0, 0.05) is 37.5 Å². The Balaban J connectivity index is 1.38. The number of morpholine rings is 1. The van der Waals surface area contributed by atoms with E-state index in [4.69, 9.17) is 21.1 Å². The number of hydrogen-bond donors (Lipinski definition) is 1. The van der Waals surface area contributed by atoms with E-state index in [1.54, 1.807) is 0 Å². The van der Waals surface area contributed by atoms with Gasteiger partial charge in [-0.25, -0.2) is 13.8 Å². The molecule has 3 heterocycles. The normalized spacial score (nSPS) is 14.7. The van der Waals surface area contributed by atoms with Gasteiger partial charge in [-0.15, -0.1) is 0 Å². The van der Waals surface area contributed by atoms with Crippen LogP contribution < -0.4 is 4.74 Å². The average molecular weight is 458 g/mol. The number of aromatic amines is 1. The number of nitrogens with one attached hydrogen (secondary N) is 1. The van der Waals surface area contributed by atoms with Crippen LogP contribution in [0.1, 0.15) is 5.56 Å². The molecular weight excluding hydrogens is 440 g/mol. The highest BCUT2D eigenvalue weighted by atomic mass is 35.5. The lowest BCUT2D eigenvalue weighted by Crippen LogP contribution is -2.35. The minimum Gasteiger partial charge on any atom is -0.421 e. The first-order valence-electron chi connectivity index (χ1n) is 10.00. The number of rotatable bonds is 5. The maximum Gasteiger partial charge on any atom is 0.324 e. The van der Waals surface area contributed by atoms with Crippen LogP contribution in [0.25, 0.3) is 22.3 Å². The van der Waals surface area contributed by atoms with Crippen LogP contribution in [-0.4, -0.2) is 51.4 Å². The van der Waals surface area contributed by atoms with E-state index in [0.29, 0.717) is 21.7 Å². The van der Waals surface area contributed by atoms with E-state index < -0.39 is 11.6 Å². The molecule has 7 nitrogen and oxygen atoms in total. The van der Waals surface area contributed by atoms with Gasteiger partial charge in [0.25, 0.3) is 0 Å². The van der Waals surface area contributed by atoms with Gasteiger partial charge in [-0.3, -0.25) is 10.00 Å². The summed E-state index contributed by atoms with van der Waals surface area (Å²) in [5.41, 5.74) is 2.85. The number of fused-ring (bicyclic) bond motifs is 1. The molecule has 0 spiro atoms. The Morgan fingerprint density at radius 1 is 1.12 bits per heavy atom. The standard InChI is InChI=1S/C22H18ClF2N5O2/c23-17-9-13(12-30-5-7-31-8-6-30)1-3-15(17)20-16-11-26-22(27-21(16)29-28-20)32-19-4-2-14(24)10-18(19)25/h1-4,9-11H,5-8,12H2,(H,26,27,28,29). The molecule has 4 aromatic rings. The molecule has 2 aromatic heterocycles. The summed E-state index contributed by atoms with van der Waals surface area (Å²) in [5.74, 6) is -1.72. The van der Waals surface area contributed by atoms with Crippen molar-refractivity contribution in [2.24, 2.45) is 0 Å². The summed E-state index contributed by atoms with van der Waals surface area (Å²) in [4.78, 5) is 10.7. The van der Waals surface area contributed by atoms with Crippen molar-refractivity contribution in [3.63, 3.8) is 0 Å². The van der Waals surface area contributed by atoms with Gasteiger partial charge in [0.05, 0.1) is 23.6 Å². The molecule has 2 aromatic carbocycles. The first-order valence-corrected chi connectivity index (χ1v) is 10.4. The summed E-state index contributed by atoms with van der Waals surface area (Å²) < 4.78 is 37.6. The van der Waals surface area contributed by atoms with Gasteiger partial charge in [0.1, 0.15) is 11.5 Å². The van der Waals surface area contributed by atoms with Crippen molar-refractivity contribution in [3.05, 3.63) is 64.8 Å². The molecule has 5 rings (SSSR count). The third-order valence-electron chi connectivity index (χ3n) is 5.19. The van der Waals surface area contributed by atoms with E-state index in [-0.39, 0.29) is 11.8 Å². The quantitative estimate of drug-likeness (QED) is 0.473.